The van der Waals surface area contributed by atoms with E-state index in [1.54, 1.807) is 45.4 Å². The second kappa shape index (κ2) is 6.62. The number of rotatable bonds is 2. The minimum Gasteiger partial charge on any atom is -0.508 e. The van der Waals surface area contributed by atoms with E-state index in [0.717, 1.165) is 5.56 Å². The zero-order valence-corrected chi connectivity index (χ0v) is 14.2. The van der Waals surface area contributed by atoms with Gasteiger partial charge in [0.25, 0.3) is 5.91 Å². The third-order valence-corrected chi connectivity index (χ3v) is 3.73. The molecule has 2 heterocycles. The van der Waals surface area contributed by atoms with Gasteiger partial charge < -0.3 is 10.0 Å². The number of phenols is 1. The fourth-order valence-corrected chi connectivity index (χ4v) is 2.56. The maximum atomic E-state index is 12.7. The van der Waals surface area contributed by atoms with Crippen LogP contribution >= 0.6 is 0 Å². The summed E-state index contributed by atoms with van der Waals surface area (Å²) in [5.74, 6) is 5.73. The van der Waals surface area contributed by atoms with Crippen molar-refractivity contribution >= 4 is 16.9 Å². The number of phenolic OH excluding ortho intramolecular Hbond substituents is 1. The monoisotopic (exact) mass is 331 g/mol. The first-order chi connectivity index (χ1) is 12.0. The highest BCUT2D eigenvalue weighted by Gasteiger charge is 2.19. The molecule has 0 aliphatic carbocycles. The second-order valence-corrected chi connectivity index (χ2v) is 5.74. The standard InChI is InChI=1S/C20H17N3O2/c1-4-6-14-12-21-17-10-9-16(13-7-5-8-15(24)11-13)22-19(17)18(14)20(25)23(2)3/h5,7-12,24H,1-3H3. The largest absolute Gasteiger partial charge is 0.508 e. The smallest absolute Gasteiger partial charge is 0.256 e. The van der Waals surface area contributed by atoms with E-state index in [0.29, 0.717) is 27.9 Å². The summed E-state index contributed by atoms with van der Waals surface area (Å²) in [6.07, 6.45) is 1.60. The molecule has 3 rings (SSSR count). The average molecular weight is 331 g/mol. The van der Waals surface area contributed by atoms with Crippen molar-refractivity contribution in [3.8, 4) is 28.8 Å². The fourth-order valence-electron chi connectivity index (χ4n) is 2.56. The maximum absolute atomic E-state index is 12.7. The average Bonchev–Trinajstić information content (AvgIpc) is 2.60. The molecule has 5 heteroatoms. The van der Waals surface area contributed by atoms with Gasteiger partial charge in [0, 0.05) is 25.9 Å². The lowest BCUT2D eigenvalue weighted by Crippen LogP contribution is -2.23. The van der Waals surface area contributed by atoms with Gasteiger partial charge in [-0.25, -0.2) is 4.98 Å². The van der Waals surface area contributed by atoms with Crippen LogP contribution in [-0.4, -0.2) is 40.0 Å². The van der Waals surface area contributed by atoms with E-state index >= 15 is 0 Å². The second-order valence-electron chi connectivity index (χ2n) is 5.74. The van der Waals surface area contributed by atoms with Crippen LogP contribution in [0.5, 0.6) is 5.75 Å². The fraction of sp³-hybridized carbons (Fsp3) is 0.150. The number of fused-ring (bicyclic) bond motifs is 1. The highest BCUT2D eigenvalue weighted by atomic mass is 16.3. The third-order valence-electron chi connectivity index (χ3n) is 3.73. The molecule has 2 aromatic heterocycles. The van der Waals surface area contributed by atoms with Crippen LogP contribution in [0.2, 0.25) is 0 Å². The van der Waals surface area contributed by atoms with Crippen LogP contribution in [0, 0.1) is 11.8 Å². The molecule has 0 atom stereocenters. The van der Waals surface area contributed by atoms with Gasteiger partial charge in [-0.15, -0.1) is 5.92 Å². The number of aromatic hydroxyl groups is 1. The number of benzene rings is 1. The van der Waals surface area contributed by atoms with E-state index in [-0.39, 0.29) is 11.7 Å². The molecule has 1 amide bonds. The van der Waals surface area contributed by atoms with Crippen molar-refractivity contribution in [2.45, 2.75) is 6.92 Å². The van der Waals surface area contributed by atoms with Gasteiger partial charge in [-0.3, -0.25) is 9.78 Å². The highest BCUT2D eigenvalue weighted by molar-refractivity contribution is 6.06. The summed E-state index contributed by atoms with van der Waals surface area (Å²) in [6, 6.07) is 10.5. The Hall–Kier alpha value is -3.39. The zero-order valence-electron chi connectivity index (χ0n) is 14.2. The zero-order chi connectivity index (χ0) is 18.0. The lowest BCUT2D eigenvalue weighted by atomic mass is 10.0. The van der Waals surface area contributed by atoms with Gasteiger partial charge >= 0.3 is 0 Å². The Morgan fingerprint density at radius 1 is 1.20 bits per heavy atom. The molecule has 0 spiro atoms. The summed E-state index contributed by atoms with van der Waals surface area (Å²) in [7, 11) is 3.38. The summed E-state index contributed by atoms with van der Waals surface area (Å²) in [4.78, 5) is 23.2. The van der Waals surface area contributed by atoms with E-state index in [9.17, 15) is 9.90 Å². The Morgan fingerprint density at radius 3 is 2.68 bits per heavy atom. The van der Waals surface area contributed by atoms with Crippen LogP contribution in [0.15, 0.2) is 42.6 Å². The summed E-state index contributed by atoms with van der Waals surface area (Å²) in [5.41, 5.74) is 3.52. The van der Waals surface area contributed by atoms with Crippen LogP contribution in [0.1, 0.15) is 22.8 Å². The summed E-state index contributed by atoms with van der Waals surface area (Å²) >= 11 is 0. The third kappa shape index (κ3) is 3.15. The van der Waals surface area contributed by atoms with Gasteiger partial charge in [-0.05, 0) is 31.2 Å². The molecule has 0 radical (unpaired) electrons. The number of carbonyl (C=O) groups is 1. The van der Waals surface area contributed by atoms with Crippen molar-refractivity contribution in [1.82, 2.24) is 14.9 Å². The van der Waals surface area contributed by atoms with E-state index < -0.39 is 0 Å². The molecular formula is C20H17N3O2. The van der Waals surface area contributed by atoms with E-state index in [2.05, 4.69) is 21.8 Å². The molecule has 0 saturated carbocycles. The first-order valence-corrected chi connectivity index (χ1v) is 7.75. The molecule has 0 aliphatic rings. The molecule has 1 N–H and O–H groups in total. The van der Waals surface area contributed by atoms with Gasteiger partial charge in [0.1, 0.15) is 11.3 Å². The number of nitrogens with zero attached hydrogens (tertiary/aromatic N) is 3. The lowest BCUT2D eigenvalue weighted by Gasteiger charge is -2.14. The van der Waals surface area contributed by atoms with Gasteiger partial charge in [-0.1, -0.05) is 18.1 Å². The molecule has 0 bridgehead atoms. The summed E-state index contributed by atoms with van der Waals surface area (Å²) in [5, 5.41) is 9.70. The van der Waals surface area contributed by atoms with Crippen molar-refractivity contribution in [1.29, 1.82) is 0 Å². The van der Waals surface area contributed by atoms with Gasteiger partial charge in [0.15, 0.2) is 0 Å². The molecular weight excluding hydrogens is 314 g/mol. The minimum absolute atomic E-state index is 0.160. The maximum Gasteiger partial charge on any atom is 0.256 e. The first-order valence-electron chi connectivity index (χ1n) is 7.75. The Labute approximate surface area is 146 Å². The van der Waals surface area contributed by atoms with Crippen molar-refractivity contribution < 1.29 is 9.90 Å². The lowest BCUT2D eigenvalue weighted by molar-refractivity contribution is 0.0829. The van der Waals surface area contributed by atoms with Crippen LogP contribution in [0.3, 0.4) is 0 Å². The molecule has 0 fully saturated rings. The van der Waals surface area contributed by atoms with Crippen molar-refractivity contribution in [2.75, 3.05) is 14.1 Å². The molecule has 0 unspecified atom stereocenters. The predicted octanol–water partition coefficient (Wildman–Crippen LogP) is 3.08. The quantitative estimate of drug-likeness (QED) is 0.733. The number of pyridine rings is 2. The van der Waals surface area contributed by atoms with Gasteiger partial charge in [-0.2, -0.15) is 0 Å². The topological polar surface area (TPSA) is 66.3 Å². The number of hydrogen-bond donors (Lipinski definition) is 1. The van der Waals surface area contributed by atoms with Crippen LogP contribution in [0.4, 0.5) is 0 Å². The number of hydrogen-bond acceptors (Lipinski definition) is 4. The highest BCUT2D eigenvalue weighted by Crippen LogP contribution is 2.26. The van der Waals surface area contributed by atoms with Crippen molar-refractivity contribution in [3.05, 3.63) is 53.7 Å². The number of aromatic nitrogens is 2. The summed E-state index contributed by atoms with van der Waals surface area (Å²) < 4.78 is 0. The minimum atomic E-state index is -0.175. The Bertz CT molecular complexity index is 1030. The van der Waals surface area contributed by atoms with Crippen LogP contribution in [-0.2, 0) is 0 Å². The van der Waals surface area contributed by atoms with E-state index in [4.69, 9.17) is 0 Å². The molecule has 0 saturated heterocycles. The SMILES string of the molecule is CC#Cc1cnc2ccc(-c3cccc(O)c3)nc2c1C(=O)N(C)C. The normalized spacial score (nSPS) is 10.2. The predicted molar refractivity (Wildman–Crippen MR) is 97.2 cm³/mol. The molecule has 25 heavy (non-hydrogen) atoms. The van der Waals surface area contributed by atoms with Crippen molar-refractivity contribution in [2.24, 2.45) is 0 Å². The summed E-state index contributed by atoms with van der Waals surface area (Å²) in [6.45, 7) is 1.71. The molecule has 3 aromatic rings. The van der Waals surface area contributed by atoms with Crippen LogP contribution in [0.25, 0.3) is 22.3 Å². The van der Waals surface area contributed by atoms with E-state index in [1.807, 2.05) is 18.2 Å². The molecule has 0 aliphatic heterocycles. The molecule has 5 nitrogen and oxygen atoms in total. The Balaban J connectivity index is 2.31. The number of amides is 1. The van der Waals surface area contributed by atoms with Gasteiger partial charge in [0.2, 0.25) is 0 Å². The van der Waals surface area contributed by atoms with Crippen LogP contribution < -0.4 is 0 Å². The molecule has 1 aromatic carbocycles. The number of carbonyl (C=O) groups excluding carboxylic acids is 1. The molecule has 124 valence electrons. The first kappa shape index (κ1) is 16.5. The Morgan fingerprint density at radius 2 is 2.00 bits per heavy atom. The van der Waals surface area contributed by atoms with E-state index in [1.165, 1.54) is 4.90 Å². The van der Waals surface area contributed by atoms with Crippen molar-refractivity contribution in [3.63, 3.8) is 0 Å². The van der Waals surface area contributed by atoms with Gasteiger partial charge in [0.05, 0.1) is 22.3 Å². The Kier molecular flexibility index (Phi) is 4.36.